The molecule has 0 aliphatic heterocycles. The molecule has 0 aliphatic rings. The molecule has 2 aromatic rings. The largest absolute Gasteiger partial charge is 0.298 e. The fourth-order valence-electron chi connectivity index (χ4n) is 1.71. The van der Waals surface area contributed by atoms with Crippen LogP contribution in [-0.2, 0) is 6.42 Å². The Kier molecular flexibility index (Phi) is 3.28. The Labute approximate surface area is 101 Å². The Bertz CT molecular complexity index is 550. The van der Waals surface area contributed by atoms with Crippen molar-refractivity contribution in [3.8, 4) is 11.3 Å². The van der Waals surface area contributed by atoms with Crippen molar-refractivity contribution in [1.29, 1.82) is 0 Å². The van der Waals surface area contributed by atoms with Crippen LogP contribution in [0.15, 0.2) is 30.3 Å². The van der Waals surface area contributed by atoms with E-state index in [0.717, 1.165) is 35.5 Å². The predicted octanol–water partition coefficient (Wildman–Crippen LogP) is 2.83. The van der Waals surface area contributed by atoms with Gasteiger partial charge in [0.2, 0.25) is 0 Å². The van der Waals surface area contributed by atoms with Crippen molar-refractivity contribution in [2.75, 3.05) is 0 Å². The molecule has 0 saturated heterocycles. The first-order valence-corrected chi connectivity index (χ1v) is 5.63. The summed E-state index contributed by atoms with van der Waals surface area (Å²) >= 11 is 0. The summed E-state index contributed by atoms with van der Waals surface area (Å²) in [7, 11) is 0. The lowest BCUT2D eigenvalue weighted by molar-refractivity contribution is 0.112. The van der Waals surface area contributed by atoms with Gasteiger partial charge in [0.25, 0.3) is 0 Å². The normalized spacial score (nSPS) is 10.2. The number of rotatable bonds is 3. The topological polar surface area (TPSA) is 42.9 Å². The second kappa shape index (κ2) is 4.87. The quantitative estimate of drug-likeness (QED) is 0.756. The van der Waals surface area contributed by atoms with E-state index in [1.54, 1.807) is 6.07 Å². The number of benzene rings is 1. The number of aryl methyl sites for hydroxylation is 2. The average molecular weight is 226 g/mol. The molecule has 1 heterocycles. The predicted molar refractivity (Wildman–Crippen MR) is 67.0 cm³/mol. The minimum atomic E-state index is 0.664. The van der Waals surface area contributed by atoms with Gasteiger partial charge in [0.05, 0.1) is 5.69 Å². The lowest BCUT2D eigenvalue weighted by atomic mass is 10.1. The van der Waals surface area contributed by atoms with E-state index >= 15 is 0 Å². The third-order valence-corrected chi connectivity index (χ3v) is 2.54. The second-order valence-electron chi connectivity index (χ2n) is 3.91. The van der Waals surface area contributed by atoms with Crippen LogP contribution in [0.1, 0.15) is 28.8 Å². The van der Waals surface area contributed by atoms with E-state index in [-0.39, 0.29) is 0 Å². The lowest BCUT2D eigenvalue weighted by Gasteiger charge is -2.05. The summed E-state index contributed by atoms with van der Waals surface area (Å²) < 4.78 is 0. The van der Waals surface area contributed by atoms with Crippen molar-refractivity contribution < 1.29 is 4.79 Å². The Hall–Kier alpha value is -2.03. The van der Waals surface area contributed by atoms with Crippen LogP contribution < -0.4 is 0 Å². The van der Waals surface area contributed by atoms with Crippen LogP contribution in [0.4, 0.5) is 0 Å². The molecule has 0 radical (unpaired) electrons. The number of aldehydes is 1. The van der Waals surface area contributed by atoms with Crippen molar-refractivity contribution in [3.05, 3.63) is 47.4 Å². The van der Waals surface area contributed by atoms with Gasteiger partial charge in [0.15, 0.2) is 0 Å². The Morgan fingerprint density at radius 3 is 2.76 bits per heavy atom. The zero-order chi connectivity index (χ0) is 12.3. The molecular formula is C14H14N2O. The molecule has 0 atom stereocenters. The van der Waals surface area contributed by atoms with E-state index in [9.17, 15) is 4.79 Å². The summed E-state index contributed by atoms with van der Waals surface area (Å²) in [5, 5.41) is 0. The average Bonchev–Trinajstić information content (AvgIpc) is 2.38. The van der Waals surface area contributed by atoms with Crippen molar-refractivity contribution in [1.82, 2.24) is 9.97 Å². The number of carbonyl (C=O) groups is 1. The number of hydrogen-bond acceptors (Lipinski definition) is 3. The van der Waals surface area contributed by atoms with E-state index in [0.29, 0.717) is 5.56 Å². The molecule has 0 unspecified atom stereocenters. The maximum Gasteiger partial charge on any atom is 0.150 e. The summed E-state index contributed by atoms with van der Waals surface area (Å²) in [4.78, 5) is 19.6. The first kappa shape index (κ1) is 11.5. The maximum absolute atomic E-state index is 10.7. The third-order valence-electron chi connectivity index (χ3n) is 2.54. The lowest BCUT2D eigenvalue weighted by Crippen LogP contribution is -1.97. The van der Waals surface area contributed by atoms with Gasteiger partial charge in [-0.15, -0.1) is 0 Å². The molecule has 17 heavy (non-hydrogen) atoms. The molecule has 1 aromatic carbocycles. The highest BCUT2D eigenvalue weighted by molar-refractivity contribution is 5.78. The number of hydrogen-bond donors (Lipinski definition) is 0. The van der Waals surface area contributed by atoms with Crippen molar-refractivity contribution in [2.24, 2.45) is 0 Å². The van der Waals surface area contributed by atoms with Crippen LogP contribution in [0, 0.1) is 6.92 Å². The molecule has 0 fully saturated rings. The summed E-state index contributed by atoms with van der Waals surface area (Å²) in [5.74, 6) is 0.830. The Morgan fingerprint density at radius 2 is 2.06 bits per heavy atom. The summed E-state index contributed by atoms with van der Waals surface area (Å²) in [6.07, 6.45) is 1.65. The van der Waals surface area contributed by atoms with E-state index in [4.69, 9.17) is 0 Å². The van der Waals surface area contributed by atoms with Crippen molar-refractivity contribution in [3.63, 3.8) is 0 Å². The van der Waals surface area contributed by atoms with E-state index in [1.165, 1.54) is 0 Å². The third kappa shape index (κ3) is 2.56. The molecule has 0 amide bonds. The molecule has 0 spiro atoms. The van der Waals surface area contributed by atoms with Crippen LogP contribution in [0.5, 0.6) is 0 Å². The minimum Gasteiger partial charge on any atom is -0.298 e. The van der Waals surface area contributed by atoms with Gasteiger partial charge < -0.3 is 0 Å². The number of carbonyl (C=O) groups excluding carboxylic acids is 1. The van der Waals surface area contributed by atoms with Crippen LogP contribution in [0.3, 0.4) is 0 Å². The standard InChI is InChI=1S/C14H14N2O/c1-3-14-15-10(2)7-13(16-14)12-6-4-5-11(8-12)9-17/h4-9H,3H2,1-2H3. The molecule has 3 heteroatoms. The van der Waals surface area contributed by atoms with Crippen LogP contribution in [-0.4, -0.2) is 16.3 Å². The molecule has 0 bridgehead atoms. The minimum absolute atomic E-state index is 0.664. The highest BCUT2D eigenvalue weighted by Gasteiger charge is 2.04. The zero-order valence-electron chi connectivity index (χ0n) is 9.97. The van der Waals surface area contributed by atoms with Gasteiger partial charge in [-0.2, -0.15) is 0 Å². The fraction of sp³-hybridized carbons (Fsp3) is 0.214. The zero-order valence-corrected chi connectivity index (χ0v) is 9.97. The van der Waals surface area contributed by atoms with Crippen LogP contribution in [0.2, 0.25) is 0 Å². The van der Waals surface area contributed by atoms with Crippen LogP contribution in [0.25, 0.3) is 11.3 Å². The number of nitrogens with zero attached hydrogens (tertiary/aromatic N) is 2. The molecule has 0 saturated carbocycles. The summed E-state index contributed by atoms with van der Waals surface area (Å²) in [6, 6.07) is 9.37. The van der Waals surface area contributed by atoms with Gasteiger partial charge in [0.1, 0.15) is 12.1 Å². The maximum atomic E-state index is 10.7. The van der Waals surface area contributed by atoms with Gasteiger partial charge in [-0.3, -0.25) is 4.79 Å². The second-order valence-corrected chi connectivity index (χ2v) is 3.91. The number of aromatic nitrogens is 2. The molecule has 86 valence electrons. The van der Waals surface area contributed by atoms with E-state index < -0.39 is 0 Å². The van der Waals surface area contributed by atoms with Gasteiger partial charge in [-0.05, 0) is 19.1 Å². The van der Waals surface area contributed by atoms with Gasteiger partial charge in [-0.25, -0.2) is 9.97 Å². The van der Waals surface area contributed by atoms with E-state index in [1.807, 2.05) is 38.1 Å². The molecular weight excluding hydrogens is 212 g/mol. The monoisotopic (exact) mass is 226 g/mol. The molecule has 1 aromatic heterocycles. The van der Waals surface area contributed by atoms with Crippen molar-refractivity contribution in [2.45, 2.75) is 20.3 Å². The van der Waals surface area contributed by atoms with Crippen LogP contribution >= 0.6 is 0 Å². The Balaban J connectivity index is 2.51. The molecule has 3 nitrogen and oxygen atoms in total. The molecule has 2 rings (SSSR count). The summed E-state index contributed by atoms with van der Waals surface area (Å²) in [5.41, 5.74) is 3.44. The molecule has 0 aliphatic carbocycles. The smallest absolute Gasteiger partial charge is 0.150 e. The Morgan fingerprint density at radius 1 is 1.24 bits per heavy atom. The van der Waals surface area contributed by atoms with Gasteiger partial charge in [-0.1, -0.05) is 25.1 Å². The highest BCUT2D eigenvalue weighted by Crippen LogP contribution is 2.18. The first-order chi connectivity index (χ1) is 8.22. The fourth-order valence-corrected chi connectivity index (χ4v) is 1.71. The van der Waals surface area contributed by atoms with Crippen molar-refractivity contribution >= 4 is 6.29 Å². The summed E-state index contributed by atoms with van der Waals surface area (Å²) in [6.45, 7) is 3.98. The molecule has 0 N–H and O–H groups in total. The van der Waals surface area contributed by atoms with Gasteiger partial charge >= 0.3 is 0 Å². The first-order valence-electron chi connectivity index (χ1n) is 5.63. The SMILES string of the molecule is CCc1nc(C)cc(-c2cccc(C=O)c2)n1. The highest BCUT2D eigenvalue weighted by atomic mass is 16.1. The van der Waals surface area contributed by atoms with E-state index in [2.05, 4.69) is 9.97 Å². The van der Waals surface area contributed by atoms with Gasteiger partial charge in [0, 0.05) is 23.2 Å².